The minimum absolute atomic E-state index is 0.141. The number of ether oxygens (including phenoxy) is 1. The fourth-order valence-corrected chi connectivity index (χ4v) is 2.73. The zero-order valence-corrected chi connectivity index (χ0v) is 16.5. The van der Waals surface area contributed by atoms with Crippen LogP contribution in [0.15, 0.2) is 54.6 Å². The summed E-state index contributed by atoms with van der Waals surface area (Å²) in [6, 6.07) is 16.4. The number of alkyl carbamates (subject to hydrolysis) is 1. The largest absolute Gasteiger partial charge is 0.444 e. The van der Waals surface area contributed by atoms with Crippen LogP contribution >= 0.6 is 0 Å². The highest BCUT2D eigenvalue weighted by Gasteiger charge is 2.20. The summed E-state index contributed by atoms with van der Waals surface area (Å²) in [6.07, 6.45) is 0.123. The van der Waals surface area contributed by atoms with Gasteiger partial charge in [0, 0.05) is 18.6 Å². The molecule has 4 nitrogen and oxygen atoms in total. The first-order valence-corrected chi connectivity index (χ1v) is 9.25. The molecule has 0 aliphatic heterocycles. The first kappa shape index (κ1) is 20.9. The summed E-state index contributed by atoms with van der Waals surface area (Å²) in [4.78, 5) is 12.2. The predicted molar refractivity (Wildman–Crippen MR) is 106 cm³/mol. The molecule has 27 heavy (non-hydrogen) atoms. The molecule has 2 N–H and O–H groups in total. The van der Waals surface area contributed by atoms with Gasteiger partial charge in [-0.1, -0.05) is 42.5 Å². The second kappa shape index (κ2) is 9.51. The number of nitrogens with one attached hydrogen (secondary N) is 2. The molecule has 0 radical (unpaired) electrons. The van der Waals surface area contributed by atoms with Crippen LogP contribution in [0.5, 0.6) is 0 Å². The number of rotatable bonds is 7. The fraction of sp³-hybridized carbons (Fsp3) is 0.409. The van der Waals surface area contributed by atoms with Crippen LogP contribution in [-0.4, -0.2) is 24.3 Å². The molecule has 0 bridgehead atoms. The van der Waals surface area contributed by atoms with E-state index in [-0.39, 0.29) is 17.9 Å². The minimum Gasteiger partial charge on any atom is -0.444 e. The Morgan fingerprint density at radius 2 is 1.70 bits per heavy atom. The van der Waals surface area contributed by atoms with E-state index < -0.39 is 11.7 Å². The molecule has 5 heteroatoms. The van der Waals surface area contributed by atoms with Crippen molar-refractivity contribution in [2.24, 2.45) is 0 Å². The zero-order chi connectivity index (χ0) is 19.9. The lowest BCUT2D eigenvalue weighted by molar-refractivity contribution is 0.0503. The van der Waals surface area contributed by atoms with Gasteiger partial charge in [-0.05, 0) is 57.4 Å². The van der Waals surface area contributed by atoms with Crippen molar-refractivity contribution in [1.29, 1.82) is 0 Å². The number of hydrogen-bond donors (Lipinski definition) is 2. The second-order valence-electron chi connectivity index (χ2n) is 7.71. The van der Waals surface area contributed by atoms with Gasteiger partial charge < -0.3 is 15.4 Å². The Morgan fingerprint density at radius 1 is 1.07 bits per heavy atom. The van der Waals surface area contributed by atoms with E-state index in [1.807, 2.05) is 39.0 Å². The summed E-state index contributed by atoms with van der Waals surface area (Å²) >= 11 is 0. The average Bonchev–Trinajstić information content (AvgIpc) is 2.60. The van der Waals surface area contributed by atoms with Gasteiger partial charge in [0.1, 0.15) is 11.4 Å². The van der Waals surface area contributed by atoms with Crippen molar-refractivity contribution in [3.8, 4) is 0 Å². The maximum atomic E-state index is 13.2. The van der Waals surface area contributed by atoms with Gasteiger partial charge in [-0.3, -0.25) is 0 Å². The maximum Gasteiger partial charge on any atom is 0.407 e. The maximum absolute atomic E-state index is 13.2. The Hall–Kier alpha value is -2.40. The third kappa shape index (κ3) is 7.79. The van der Waals surface area contributed by atoms with E-state index in [1.165, 1.54) is 17.7 Å². The van der Waals surface area contributed by atoms with E-state index in [2.05, 4.69) is 29.7 Å². The van der Waals surface area contributed by atoms with Crippen LogP contribution in [0, 0.1) is 5.82 Å². The minimum atomic E-state index is -0.560. The van der Waals surface area contributed by atoms with E-state index >= 15 is 0 Å². The van der Waals surface area contributed by atoms with Crippen LogP contribution in [0.4, 0.5) is 9.18 Å². The molecular formula is C22H29FN2O2. The highest BCUT2D eigenvalue weighted by Crippen LogP contribution is 2.13. The van der Waals surface area contributed by atoms with Gasteiger partial charge in [0.05, 0.1) is 0 Å². The average molecular weight is 372 g/mol. The van der Waals surface area contributed by atoms with Gasteiger partial charge in [-0.25, -0.2) is 9.18 Å². The highest BCUT2D eigenvalue weighted by atomic mass is 19.1. The third-order valence-electron chi connectivity index (χ3n) is 4.09. The second-order valence-corrected chi connectivity index (χ2v) is 7.71. The first-order valence-electron chi connectivity index (χ1n) is 9.25. The standard InChI is InChI=1S/C22H29FN2O2/c1-16(18-8-6-5-7-9-18)24-15-20(25-21(26)27-22(2,3)4)14-17-10-12-19(23)13-11-17/h5-13,16,20,24H,14-15H2,1-4H3,(H,25,26)/t16-,20+/m1/s1. The van der Waals surface area contributed by atoms with Gasteiger partial charge in [0.25, 0.3) is 0 Å². The number of carbonyl (C=O) groups is 1. The number of amides is 1. The van der Waals surface area contributed by atoms with E-state index in [0.717, 1.165) is 5.56 Å². The Bertz CT molecular complexity index is 711. The molecule has 0 spiro atoms. The van der Waals surface area contributed by atoms with E-state index in [1.54, 1.807) is 12.1 Å². The quantitative estimate of drug-likeness (QED) is 0.746. The lowest BCUT2D eigenvalue weighted by Gasteiger charge is -2.25. The van der Waals surface area contributed by atoms with Crippen molar-refractivity contribution in [1.82, 2.24) is 10.6 Å². The molecule has 0 saturated carbocycles. The van der Waals surface area contributed by atoms with Crippen LogP contribution in [0.25, 0.3) is 0 Å². The number of hydrogen-bond acceptors (Lipinski definition) is 3. The molecule has 0 aromatic heterocycles. The predicted octanol–water partition coefficient (Wildman–Crippen LogP) is 4.61. The van der Waals surface area contributed by atoms with Crippen molar-refractivity contribution in [2.75, 3.05) is 6.54 Å². The zero-order valence-electron chi connectivity index (χ0n) is 16.5. The summed E-state index contributed by atoms with van der Waals surface area (Å²) < 4.78 is 18.5. The molecule has 2 aromatic carbocycles. The van der Waals surface area contributed by atoms with Crippen LogP contribution in [0.3, 0.4) is 0 Å². The number of halogens is 1. The summed E-state index contributed by atoms with van der Waals surface area (Å²) in [5.41, 5.74) is 1.57. The fourth-order valence-electron chi connectivity index (χ4n) is 2.73. The Kier molecular flexibility index (Phi) is 7.36. The van der Waals surface area contributed by atoms with E-state index in [9.17, 15) is 9.18 Å². The molecule has 0 saturated heterocycles. The van der Waals surface area contributed by atoms with Crippen molar-refractivity contribution in [3.05, 3.63) is 71.5 Å². The Labute approximate surface area is 161 Å². The molecule has 0 heterocycles. The van der Waals surface area contributed by atoms with Gasteiger partial charge in [0.15, 0.2) is 0 Å². The molecule has 2 atom stereocenters. The molecule has 0 unspecified atom stereocenters. The first-order chi connectivity index (χ1) is 12.7. The summed E-state index contributed by atoms with van der Waals surface area (Å²) in [7, 11) is 0. The normalized spacial score (nSPS) is 13.7. The molecule has 1 amide bonds. The monoisotopic (exact) mass is 372 g/mol. The lowest BCUT2D eigenvalue weighted by atomic mass is 10.0. The van der Waals surface area contributed by atoms with Gasteiger partial charge in [0.2, 0.25) is 0 Å². The summed E-state index contributed by atoms with van der Waals surface area (Å²) in [6.45, 7) is 8.14. The van der Waals surface area contributed by atoms with Crippen LogP contribution < -0.4 is 10.6 Å². The molecule has 0 aliphatic carbocycles. The van der Waals surface area contributed by atoms with Crippen LogP contribution in [0.2, 0.25) is 0 Å². The van der Waals surface area contributed by atoms with Crippen LogP contribution in [-0.2, 0) is 11.2 Å². The molecule has 2 aromatic rings. The number of benzene rings is 2. The Balaban J connectivity index is 2.01. The SMILES string of the molecule is C[C@@H](NC[C@H](Cc1ccc(F)cc1)NC(=O)OC(C)(C)C)c1ccccc1. The summed E-state index contributed by atoms with van der Waals surface area (Å²) in [5, 5.41) is 6.38. The molecule has 146 valence electrons. The molecule has 2 rings (SSSR count). The van der Waals surface area contributed by atoms with Gasteiger partial charge in [-0.15, -0.1) is 0 Å². The molecule has 0 aliphatic rings. The third-order valence-corrected chi connectivity index (χ3v) is 4.09. The lowest BCUT2D eigenvalue weighted by Crippen LogP contribution is -2.45. The van der Waals surface area contributed by atoms with Crippen molar-refractivity contribution in [2.45, 2.75) is 51.8 Å². The van der Waals surface area contributed by atoms with Crippen molar-refractivity contribution < 1.29 is 13.9 Å². The molecular weight excluding hydrogens is 343 g/mol. The van der Waals surface area contributed by atoms with E-state index in [4.69, 9.17) is 4.74 Å². The Morgan fingerprint density at radius 3 is 2.30 bits per heavy atom. The highest BCUT2D eigenvalue weighted by molar-refractivity contribution is 5.68. The van der Waals surface area contributed by atoms with Gasteiger partial charge in [-0.2, -0.15) is 0 Å². The van der Waals surface area contributed by atoms with Gasteiger partial charge >= 0.3 is 6.09 Å². The van der Waals surface area contributed by atoms with E-state index in [0.29, 0.717) is 13.0 Å². The van der Waals surface area contributed by atoms with Crippen molar-refractivity contribution >= 4 is 6.09 Å². The van der Waals surface area contributed by atoms with Crippen LogP contribution in [0.1, 0.15) is 44.9 Å². The van der Waals surface area contributed by atoms with Crippen molar-refractivity contribution in [3.63, 3.8) is 0 Å². The summed E-state index contributed by atoms with van der Waals surface area (Å²) in [5.74, 6) is -0.272. The molecule has 0 fully saturated rings. The smallest absolute Gasteiger partial charge is 0.407 e. The number of carbonyl (C=O) groups excluding carboxylic acids is 1. The topological polar surface area (TPSA) is 50.4 Å².